The third-order valence-corrected chi connectivity index (χ3v) is 2.12. The van der Waals surface area contributed by atoms with Gasteiger partial charge in [-0.05, 0) is 6.42 Å². The molecule has 0 aromatic rings. The van der Waals surface area contributed by atoms with Crippen molar-refractivity contribution in [1.29, 1.82) is 0 Å². The van der Waals surface area contributed by atoms with E-state index in [4.69, 9.17) is 0 Å². The number of likely N-dealkylation sites (N-methyl/N-ethyl adjacent to an activating group) is 1. The molecule has 1 amide bonds. The summed E-state index contributed by atoms with van der Waals surface area (Å²) < 4.78 is 4.64. The molecule has 0 aromatic carbocycles. The maximum Gasteiger partial charge on any atom is 0.322 e. The quantitative estimate of drug-likeness (QED) is 0.590. The van der Waals surface area contributed by atoms with Crippen LogP contribution >= 0.6 is 0 Å². The standard InChI is InChI=1S/C10H20N2O3/c1-4-5-6-8(10(14)15-3)12-7-9(13)11-2/h8,12H,4-7H2,1-3H3,(H,11,13). The molecule has 1 atom stereocenters. The first kappa shape index (κ1) is 13.9. The lowest BCUT2D eigenvalue weighted by atomic mass is 10.1. The molecular formula is C10H20N2O3. The van der Waals surface area contributed by atoms with E-state index in [1.807, 2.05) is 6.92 Å². The summed E-state index contributed by atoms with van der Waals surface area (Å²) in [6.07, 6.45) is 2.63. The summed E-state index contributed by atoms with van der Waals surface area (Å²) in [5, 5.41) is 5.35. The zero-order valence-corrected chi connectivity index (χ0v) is 9.63. The molecule has 5 nitrogen and oxygen atoms in total. The minimum Gasteiger partial charge on any atom is -0.468 e. The first-order chi connectivity index (χ1) is 7.15. The summed E-state index contributed by atoms with van der Waals surface area (Å²) in [5.74, 6) is -0.451. The van der Waals surface area contributed by atoms with Gasteiger partial charge in [-0.3, -0.25) is 14.9 Å². The van der Waals surface area contributed by atoms with Crippen LogP contribution in [0.3, 0.4) is 0 Å². The van der Waals surface area contributed by atoms with Crippen LogP contribution in [0.1, 0.15) is 26.2 Å². The molecule has 0 aromatic heterocycles. The van der Waals surface area contributed by atoms with Crippen molar-refractivity contribution in [2.24, 2.45) is 0 Å². The molecule has 0 aliphatic carbocycles. The molecule has 2 N–H and O–H groups in total. The van der Waals surface area contributed by atoms with E-state index in [-0.39, 0.29) is 24.5 Å². The van der Waals surface area contributed by atoms with Crippen molar-refractivity contribution in [3.05, 3.63) is 0 Å². The van der Waals surface area contributed by atoms with Gasteiger partial charge in [0.25, 0.3) is 0 Å². The molecule has 0 spiro atoms. The highest BCUT2D eigenvalue weighted by Crippen LogP contribution is 2.01. The Balaban J connectivity index is 4.00. The van der Waals surface area contributed by atoms with E-state index in [1.54, 1.807) is 7.05 Å². The van der Waals surface area contributed by atoms with Gasteiger partial charge in [0.2, 0.25) is 5.91 Å². The summed E-state index contributed by atoms with van der Waals surface area (Å²) >= 11 is 0. The third-order valence-electron chi connectivity index (χ3n) is 2.12. The van der Waals surface area contributed by atoms with Crippen LogP contribution in [0.4, 0.5) is 0 Å². The topological polar surface area (TPSA) is 67.4 Å². The Kier molecular flexibility index (Phi) is 7.62. The van der Waals surface area contributed by atoms with Crippen molar-refractivity contribution in [3.63, 3.8) is 0 Å². The molecule has 0 bridgehead atoms. The minimum absolute atomic E-state index is 0.139. The molecule has 0 rings (SSSR count). The second-order valence-electron chi connectivity index (χ2n) is 3.27. The maximum atomic E-state index is 11.3. The molecule has 0 aliphatic rings. The van der Waals surface area contributed by atoms with Crippen LogP contribution in [0, 0.1) is 0 Å². The van der Waals surface area contributed by atoms with Crippen LogP contribution in [0.2, 0.25) is 0 Å². The summed E-state index contributed by atoms with van der Waals surface area (Å²) in [6.45, 7) is 2.19. The third kappa shape index (κ3) is 6.06. The molecule has 1 unspecified atom stereocenters. The van der Waals surface area contributed by atoms with E-state index < -0.39 is 0 Å². The Morgan fingerprint density at radius 3 is 2.53 bits per heavy atom. The zero-order chi connectivity index (χ0) is 11.7. The van der Waals surface area contributed by atoms with Gasteiger partial charge in [0, 0.05) is 7.05 Å². The summed E-state index contributed by atoms with van der Waals surface area (Å²) in [7, 11) is 2.91. The van der Waals surface area contributed by atoms with Gasteiger partial charge in [0.05, 0.1) is 13.7 Å². The fourth-order valence-electron chi connectivity index (χ4n) is 1.16. The lowest BCUT2D eigenvalue weighted by molar-refractivity contribution is -0.143. The van der Waals surface area contributed by atoms with Crippen LogP contribution in [0.15, 0.2) is 0 Å². The Hall–Kier alpha value is -1.10. The highest BCUT2D eigenvalue weighted by molar-refractivity contribution is 5.80. The van der Waals surface area contributed by atoms with E-state index in [1.165, 1.54) is 7.11 Å². The molecule has 0 heterocycles. The number of unbranched alkanes of at least 4 members (excludes halogenated alkanes) is 1. The Morgan fingerprint density at radius 2 is 2.07 bits per heavy atom. The van der Waals surface area contributed by atoms with Crippen molar-refractivity contribution in [2.75, 3.05) is 20.7 Å². The van der Waals surface area contributed by atoms with Gasteiger partial charge in [-0.2, -0.15) is 0 Å². The monoisotopic (exact) mass is 216 g/mol. The van der Waals surface area contributed by atoms with Crippen molar-refractivity contribution < 1.29 is 14.3 Å². The molecule has 0 radical (unpaired) electrons. The van der Waals surface area contributed by atoms with Gasteiger partial charge in [0.15, 0.2) is 0 Å². The highest BCUT2D eigenvalue weighted by atomic mass is 16.5. The maximum absolute atomic E-state index is 11.3. The van der Waals surface area contributed by atoms with Crippen molar-refractivity contribution in [3.8, 4) is 0 Å². The predicted molar refractivity (Wildman–Crippen MR) is 57.4 cm³/mol. The summed E-state index contributed by atoms with van der Waals surface area (Å²) in [6, 6.07) is -0.382. The molecule has 0 fully saturated rings. The molecule has 88 valence electrons. The summed E-state index contributed by atoms with van der Waals surface area (Å²) in [4.78, 5) is 22.3. The van der Waals surface area contributed by atoms with Gasteiger partial charge in [-0.25, -0.2) is 0 Å². The Bertz CT molecular complexity index is 207. The van der Waals surface area contributed by atoms with Crippen LogP contribution in [-0.2, 0) is 14.3 Å². The molecule has 0 saturated heterocycles. The first-order valence-electron chi connectivity index (χ1n) is 5.17. The lowest BCUT2D eigenvalue weighted by Crippen LogP contribution is -2.42. The number of rotatable bonds is 7. The zero-order valence-electron chi connectivity index (χ0n) is 9.63. The normalized spacial score (nSPS) is 11.9. The van der Waals surface area contributed by atoms with E-state index in [0.29, 0.717) is 6.42 Å². The average Bonchev–Trinajstić information content (AvgIpc) is 2.27. The highest BCUT2D eigenvalue weighted by Gasteiger charge is 2.18. The lowest BCUT2D eigenvalue weighted by Gasteiger charge is -2.15. The second kappa shape index (κ2) is 8.23. The fraction of sp³-hybridized carbons (Fsp3) is 0.800. The molecule has 5 heteroatoms. The number of hydrogen-bond acceptors (Lipinski definition) is 4. The van der Waals surface area contributed by atoms with E-state index in [9.17, 15) is 9.59 Å². The Morgan fingerprint density at radius 1 is 1.40 bits per heavy atom. The summed E-state index contributed by atoms with van der Waals surface area (Å²) in [5.41, 5.74) is 0. The van der Waals surface area contributed by atoms with Crippen LogP contribution in [0.5, 0.6) is 0 Å². The van der Waals surface area contributed by atoms with Gasteiger partial charge in [-0.1, -0.05) is 19.8 Å². The average molecular weight is 216 g/mol. The van der Waals surface area contributed by atoms with Gasteiger partial charge >= 0.3 is 5.97 Å². The molecule has 0 saturated carbocycles. The van der Waals surface area contributed by atoms with Crippen molar-refractivity contribution in [2.45, 2.75) is 32.2 Å². The number of esters is 1. The minimum atomic E-state index is -0.382. The number of ether oxygens (including phenoxy) is 1. The number of nitrogens with one attached hydrogen (secondary N) is 2. The number of carbonyl (C=O) groups is 2. The first-order valence-corrected chi connectivity index (χ1v) is 5.17. The van der Waals surface area contributed by atoms with Gasteiger partial charge in [-0.15, -0.1) is 0 Å². The fourth-order valence-corrected chi connectivity index (χ4v) is 1.16. The van der Waals surface area contributed by atoms with Crippen molar-refractivity contribution in [1.82, 2.24) is 10.6 Å². The number of amides is 1. The van der Waals surface area contributed by atoms with Gasteiger partial charge in [0.1, 0.15) is 6.04 Å². The largest absolute Gasteiger partial charge is 0.468 e. The molecule has 15 heavy (non-hydrogen) atoms. The van der Waals surface area contributed by atoms with Crippen LogP contribution < -0.4 is 10.6 Å². The van der Waals surface area contributed by atoms with Crippen LogP contribution in [0.25, 0.3) is 0 Å². The van der Waals surface area contributed by atoms with E-state index >= 15 is 0 Å². The van der Waals surface area contributed by atoms with Crippen LogP contribution in [-0.4, -0.2) is 38.6 Å². The molecular weight excluding hydrogens is 196 g/mol. The Labute approximate surface area is 90.6 Å². The predicted octanol–water partition coefficient (Wildman–Crippen LogP) is 0.0538. The smallest absolute Gasteiger partial charge is 0.322 e. The van der Waals surface area contributed by atoms with Gasteiger partial charge < -0.3 is 10.1 Å². The number of carbonyl (C=O) groups excluding carboxylic acids is 2. The van der Waals surface area contributed by atoms with Crippen molar-refractivity contribution >= 4 is 11.9 Å². The van der Waals surface area contributed by atoms with E-state index in [0.717, 1.165) is 12.8 Å². The SMILES string of the molecule is CCCCC(NCC(=O)NC)C(=O)OC. The molecule has 0 aliphatic heterocycles. The second-order valence-corrected chi connectivity index (χ2v) is 3.27. The van der Waals surface area contributed by atoms with E-state index in [2.05, 4.69) is 15.4 Å². The number of hydrogen-bond donors (Lipinski definition) is 2. The number of methoxy groups -OCH3 is 1.